The van der Waals surface area contributed by atoms with Gasteiger partial charge in [0.2, 0.25) is 5.91 Å². The van der Waals surface area contributed by atoms with E-state index in [1.165, 1.54) is 7.05 Å². The van der Waals surface area contributed by atoms with Gasteiger partial charge in [-0.2, -0.15) is 0 Å². The minimum absolute atomic E-state index is 0.138. The number of ether oxygens (including phenoxy) is 1. The molecule has 4 rings (SSSR count). The van der Waals surface area contributed by atoms with Gasteiger partial charge in [-0.25, -0.2) is 5.06 Å². The monoisotopic (exact) mass is 421 g/mol. The first-order valence-corrected chi connectivity index (χ1v) is 10.5. The van der Waals surface area contributed by atoms with E-state index < -0.39 is 17.9 Å². The highest BCUT2D eigenvalue weighted by Gasteiger charge is 2.43. The lowest BCUT2D eigenvalue weighted by Crippen LogP contribution is -2.60. The summed E-state index contributed by atoms with van der Waals surface area (Å²) < 4.78 is 5.99. The molecule has 0 aliphatic carbocycles. The van der Waals surface area contributed by atoms with Crippen molar-refractivity contribution in [1.82, 2.24) is 15.3 Å². The average molecular weight is 421 g/mol. The van der Waals surface area contributed by atoms with E-state index >= 15 is 0 Å². The van der Waals surface area contributed by atoms with Gasteiger partial charge in [0.05, 0.1) is 12.0 Å². The molecule has 2 heterocycles. The highest BCUT2D eigenvalue weighted by Crippen LogP contribution is 2.27. The van der Waals surface area contributed by atoms with Gasteiger partial charge >= 0.3 is 0 Å². The van der Waals surface area contributed by atoms with E-state index in [-0.39, 0.29) is 12.0 Å². The van der Waals surface area contributed by atoms with Crippen molar-refractivity contribution in [2.24, 2.45) is 5.92 Å². The van der Waals surface area contributed by atoms with Gasteiger partial charge in [-0.15, -0.1) is 0 Å². The molecule has 0 bridgehead atoms. The molecule has 2 aliphatic rings. The fourth-order valence-corrected chi connectivity index (χ4v) is 4.21. The maximum atomic E-state index is 13.3. The van der Waals surface area contributed by atoms with E-state index in [2.05, 4.69) is 5.32 Å². The normalized spacial score (nSPS) is 23.2. The van der Waals surface area contributed by atoms with Crippen molar-refractivity contribution in [2.45, 2.75) is 18.6 Å². The lowest BCUT2D eigenvalue weighted by molar-refractivity contribution is -0.169. The molecule has 1 fully saturated rings. The topological polar surface area (TPSA) is 82.1 Å². The molecule has 0 radical (unpaired) electrons. The summed E-state index contributed by atoms with van der Waals surface area (Å²) in [6, 6.07) is 18.6. The third-order valence-electron chi connectivity index (χ3n) is 5.81. The zero-order valence-electron chi connectivity index (χ0n) is 17.5. The lowest BCUT2D eigenvalue weighted by atomic mass is 9.87. The summed E-state index contributed by atoms with van der Waals surface area (Å²) in [5.74, 6) is -0.646. The fraction of sp³-hybridized carbons (Fsp3) is 0.333. The maximum Gasteiger partial charge on any atom is 0.251 e. The zero-order valence-corrected chi connectivity index (χ0v) is 17.5. The van der Waals surface area contributed by atoms with Crippen molar-refractivity contribution in [3.05, 3.63) is 72.3 Å². The minimum Gasteiger partial charge on any atom is -0.489 e. The van der Waals surface area contributed by atoms with Crippen molar-refractivity contribution < 1.29 is 19.5 Å². The zero-order chi connectivity index (χ0) is 21.8. The molecule has 162 valence electrons. The number of para-hydroxylation sites is 1. The van der Waals surface area contributed by atoms with E-state index in [1.807, 2.05) is 66.7 Å². The smallest absolute Gasteiger partial charge is 0.251 e. The maximum absolute atomic E-state index is 13.3. The highest BCUT2D eigenvalue weighted by atomic mass is 16.5. The molecule has 3 atom stereocenters. The summed E-state index contributed by atoms with van der Waals surface area (Å²) in [7, 11) is 1.29. The fourth-order valence-electron chi connectivity index (χ4n) is 4.21. The third kappa shape index (κ3) is 4.78. The number of hydrogen-bond acceptors (Lipinski definition) is 5. The minimum atomic E-state index is -0.717. The van der Waals surface area contributed by atoms with Crippen molar-refractivity contribution in [1.29, 1.82) is 0 Å². The van der Waals surface area contributed by atoms with Crippen LogP contribution < -0.4 is 10.1 Å². The van der Waals surface area contributed by atoms with Crippen LogP contribution in [-0.2, 0) is 9.59 Å². The van der Waals surface area contributed by atoms with Crippen LogP contribution in [0.3, 0.4) is 0 Å². The third-order valence-corrected chi connectivity index (χ3v) is 5.81. The summed E-state index contributed by atoms with van der Waals surface area (Å²) in [6.07, 6.45) is 2.11. The Labute approximate surface area is 181 Å². The largest absolute Gasteiger partial charge is 0.489 e. The molecule has 0 aromatic heterocycles. The van der Waals surface area contributed by atoms with Crippen molar-refractivity contribution in [3.63, 3.8) is 0 Å². The van der Waals surface area contributed by atoms with Gasteiger partial charge < -0.3 is 15.0 Å². The summed E-state index contributed by atoms with van der Waals surface area (Å²) in [5.41, 5.74) is 2.19. The van der Waals surface area contributed by atoms with Crippen LogP contribution in [0.15, 0.2) is 66.7 Å². The SMILES string of the molecule is CN(O)C(=O)[C@H]1C[C@H](Oc2ccccc2)CN[C@@H]1C(=O)N1CC=C(c2ccccc2)C1. The summed E-state index contributed by atoms with van der Waals surface area (Å²) in [5, 5.41) is 13.6. The van der Waals surface area contributed by atoms with Crippen molar-refractivity contribution >= 4 is 17.4 Å². The molecule has 0 unspecified atom stereocenters. The van der Waals surface area contributed by atoms with E-state index in [1.54, 1.807) is 4.90 Å². The Hall–Kier alpha value is -3.16. The van der Waals surface area contributed by atoms with Crippen molar-refractivity contribution in [2.75, 3.05) is 26.7 Å². The molecule has 2 N–H and O–H groups in total. The molecule has 2 aromatic carbocycles. The number of amides is 2. The number of hydroxylamine groups is 2. The second kappa shape index (κ2) is 9.32. The number of piperidine rings is 1. The molecule has 0 saturated carbocycles. The Balaban J connectivity index is 1.45. The van der Waals surface area contributed by atoms with Gasteiger partial charge in [0.25, 0.3) is 5.91 Å². The van der Waals surface area contributed by atoms with Gasteiger partial charge in [-0.1, -0.05) is 54.6 Å². The second-order valence-corrected chi connectivity index (χ2v) is 7.96. The van der Waals surface area contributed by atoms with E-state index in [9.17, 15) is 14.8 Å². The molecule has 7 heteroatoms. The Morgan fingerprint density at radius 2 is 1.77 bits per heavy atom. The lowest BCUT2D eigenvalue weighted by Gasteiger charge is -2.37. The van der Waals surface area contributed by atoms with Crippen molar-refractivity contribution in [3.8, 4) is 5.75 Å². The first-order valence-electron chi connectivity index (χ1n) is 10.5. The van der Waals surface area contributed by atoms with E-state index in [4.69, 9.17) is 4.74 Å². The van der Waals surface area contributed by atoms with Crippen LogP contribution in [0.4, 0.5) is 0 Å². The number of nitrogens with one attached hydrogen (secondary N) is 1. The number of hydrogen-bond donors (Lipinski definition) is 2. The summed E-state index contributed by atoms with van der Waals surface area (Å²) >= 11 is 0. The van der Waals surface area contributed by atoms with Crippen LogP contribution in [0.5, 0.6) is 5.75 Å². The van der Waals surface area contributed by atoms with Crippen LogP contribution in [-0.4, -0.2) is 65.8 Å². The first kappa shape index (κ1) is 21.1. The van der Waals surface area contributed by atoms with Crippen LogP contribution >= 0.6 is 0 Å². The van der Waals surface area contributed by atoms with Gasteiger partial charge in [0.15, 0.2) is 0 Å². The molecule has 2 aromatic rings. The van der Waals surface area contributed by atoms with Crippen LogP contribution in [0.25, 0.3) is 5.57 Å². The predicted molar refractivity (Wildman–Crippen MR) is 116 cm³/mol. The van der Waals surface area contributed by atoms with Crippen LogP contribution in [0.1, 0.15) is 12.0 Å². The van der Waals surface area contributed by atoms with Crippen LogP contribution in [0, 0.1) is 5.92 Å². The standard InChI is InChI=1S/C24H27N3O4/c1-26(30)23(28)21-14-20(31-19-10-6-3-7-11-19)15-25-22(21)24(29)27-13-12-18(16-27)17-8-4-2-5-9-17/h2-12,20-22,25,30H,13-16H2,1H3/t20-,21-,22-/m0/s1. The second-order valence-electron chi connectivity index (χ2n) is 7.96. The molecule has 1 saturated heterocycles. The molecule has 2 aliphatic heterocycles. The molecule has 31 heavy (non-hydrogen) atoms. The molecule has 2 amide bonds. The number of carbonyl (C=O) groups is 2. The molecule has 7 nitrogen and oxygen atoms in total. The van der Waals surface area contributed by atoms with E-state index in [0.29, 0.717) is 36.9 Å². The Bertz CT molecular complexity index is 946. The number of rotatable bonds is 5. The van der Waals surface area contributed by atoms with Gasteiger partial charge in [-0.3, -0.25) is 14.8 Å². The van der Waals surface area contributed by atoms with Gasteiger partial charge in [-0.05, 0) is 29.7 Å². The first-order chi connectivity index (χ1) is 15.0. The Kier molecular flexibility index (Phi) is 6.34. The highest BCUT2D eigenvalue weighted by molar-refractivity contribution is 5.91. The summed E-state index contributed by atoms with van der Waals surface area (Å²) in [4.78, 5) is 27.8. The number of nitrogens with zero attached hydrogens (tertiary/aromatic N) is 2. The number of carbonyl (C=O) groups excluding carboxylic acids is 2. The molecular formula is C24H27N3O4. The summed E-state index contributed by atoms with van der Waals surface area (Å²) in [6.45, 7) is 1.44. The van der Waals surface area contributed by atoms with Gasteiger partial charge in [0.1, 0.15) is 11.9 Å². The predicted octanol–water partition coefficient (Wildman–Crippen LogP) is 2.19. The quantitative estimate of drug-likeness (QED) is 0.571. The van der Waals surface area contributed by atoms with Gasteiger partial charge in [0, 0.05) is 26.7 Å². The Morgan fingerprint density at radius 1 is 1.10 bits per heavy atom. The number of benzene rings is 2. The molecule has 0 spiro atoms. The molecular weight excluding hydrogens is 394 g/mol. The van der Waals surface area contributed by atoms with E-state index in [0.717, 1.165) is 11.1 Å². The Morgan fingerprint density at radius 3 is 2.45 bits per heavy atom. The average Bonchev–Trinajstić information content (AvgIpc) is 3.30. The van der Waals surface area contributed by atoms with Crippen LogP contribution in [0.2, 0.25) is 0 Å².